The Morgan fingerprint density at radius 1 is 1.32 bits per heavy atom. The summed E-state index contributed by atoms with van der Waals surface area (Å²) in [6, 6.07) is 7.67. The van der Waals surface area contributed by atoms with Crippen LogP contribution < -0.4 is 5.32 Å². The molecule has 0 heterocycles. The van der Waals surface area contributed by atoms with Gasteiger partial charge in [-0.3, -0.25) is 10.1 Å². The Kier molecular flexibility index (Phi) is 6.34. The zero-order valence-corrected chi connectivity index (χ0v) is 17.0. The summed E-state index contributed by atoms with van der Waals surface area (Å²) in [5, 5.41) is 11.1. The quantitative estimate of drug-likeness (QED) is 0.439. The topological polar surface area (TPSA) is 91.6 Å². The molecule has 1 aromatic rings. The minimum atomic E-state index is -0.585. The van der Waals surface area contributed by atoms with Gasteiger partial charge < -0.3 is 10.1 Å². The van der Waals surface area contributed by atoms with Gasteiger partial charge in [0.1, 0.15) is 5.78 Å². The van der Waals surface area contributed by atoms with Gasteiger partial charge in [0.2, 0.25) is 0 Å². The van der Waals surface area contributed by atoms with Gasteiger partial charge in [0.25, 0.3) is 0 Å². The summed E-state index contributed by atoms with van der Waals surface area (Å²) >= 11 is 1.32. The number of allylic oxidation sites excluding steroid dienone is 2. The van der Waals surface area contributed by atoms with E-state index in [2.05, 4.69) is 15.0 Å². The average molecular weight is 400 g/mol. The smallest absolute Gasteiger partial charge is 0.412 e. The van der Waals surface area contributed by atoms with Crippen LogP contribution in [0.1, 0.15) is 31.2 Å². The number of rotatable bonds is 5. The number of amides is 1. The maximum absolute atomic E-state index is 13.0. The van der Waals surface area contributed by atoms with Gasteiger partial charge in [-0.25, -0.2) is 9.79 Å². The van der Waals surface area contributed by atoms with Crippen LogP contribution in [0.2, 0.25) is 0 Å². The molecular formula is C21H25N3O3S. The van der Waals surface area contributed by atoms with Crippen molar-refractivity contribution in [3.63, 3.8) is 0 Å². The fraction of sp³-hybridized carbons (Fsp3) is 0.429. The first-order valence-electron chi connectivity index (χ1n) is 9.30. The summed E-state index contributed by atoms with van der Waals surface area (Å²) < 4.78 is 4.59. The lowest BCUT2D eigenvalue weighted by molar-refractivity contribution is -0.127. The van der Waals surface area contributed by atoms with E-state index in [0.29, 0.717) is 35.8 Å². The van der Waals surface area contributed by atoms with Crippen LogP contribution >= 0.6 is 11.8 Å². The highest BCUT2D eigenvalue weighted by molar-refractivity contribution is 8.13. The Labute approximate surface area is 169 Å². The van der Waals surface area contributed by atoms with Gasteiger partial charge in [-0.1, -0.05) is 36.0 Å². The van der Waals surface area contributed by atoms with Crippen molar-refractivity contribution in [3.05, 3.63) is 42.0 Å². The van der Waals surface area contributed by atoms with E-state index in [1.807, 2.05) is 42.7 Å². The molecule has 0 saturated heterocycles. The standard InChI is InChI=1S/C21H25N3O3S/c1-27-20(26)24-19(28-2)23-17-9-5-14(6-10-17)12-21(18(25)15-7-8-15)11-3-4-16(22)13-21/h3,5-6,9-11,15,22H,4,7-8,12-13H2,1-2H3,(H,23,24,26). The van der Waals surface area contributed by atoms with Crippen LogP contribution in [-0.2, 0) is 16.0 Å². The molecule has 0 aliphatic heterocycles. The number of carbonyl (C=O) groups excluding carboxylic acids is 2. The third kappa shape index (κ3) is 4.90. The fourth-order valence-electron chi connectivity index (χ4n) is 3.50. The number of methoxy groups -OCH3 is 1. The van der Waals surface area contributed by atoms with Gasteiger partial charge in [-0.2, -0.15) is 0 Å². The number of aliphatic imine (C=N–C) groups is 1. The van der Waals surface area contributed by atoms with Crippen molar-refractivity contribution in [1.82, 2.24) is 5.32 Å². The first-order chi connectivity index (χ1) is 13.5. The van der Waals surface area contributed by atoms with Gasteiger partial charge >= 0.3 is 6.09 Å². The van der Waals surface area contributed by atoms with Gasteiger partial charge in [0.05, 0.1) is 18.2 Å². The van der Waals surface area contributed by atoms with Gasteiger partial charge in [-0.15, -0.1) is 0 Å². The normalized spacial score (nSPS) is 22.1. The van der Waals surface area contributed by atoms with Crippen molar-refractivity contribution in [3.8, 4) is 0 Å². The number of ketones is 1. The number of hydrogen-bond acceptors (Lipinski definition) is 6. The van der Waals surface area contributed by atoms with E-state index in [1.165, 1.54) is 18.9 Å². The Morgan fingerprint density at radius 3 is 2.61 bits per heavy atom. The first kappa shape index (κ1) is 20.3. The fourth-order valence-corrected chi connectivity index (χ4v) is 3.88. The molecule has 28 heavy (non-hydrogen) atoms. The van der Waals surface area contributed by atoms with Gasteiger partial charge in [0.15, 0.2) is 5.17 Å². The zero-order valence-electron chi connectivity index (χ0n) is 16.2. The highest BCUT2D eigenvalue weighted by Crippen LogP contribution is 2.43. The monoisotopic (exact) mass is 399 g/mol. The lowest BCUT2D eigenvalue weighted by atomic mass is 9.69. The molecule has 6 nitrogen and oxygen atoms in total. The number of ether oxygens (including phenoxy) is 1. The minimum absolute atomic E-state index is 0.160. The van der Waals surface area contributed by atoms with Crippen LogP contribution in [0.25, 0.3) is 0 Å². The highest BCUT2D eigenvalue weighted by atomic mass is 32.2. The Morgan fingerprint density at radius 2 is 2.04 bits per heavy atom. The molecule has 1 saturated carbocycles. The molecule has 3 rings (SSSR count). The van der Waals surface area contributed by atoms with Crippen LogP contribution in [0.4, 0.5) is 10.5 Å². The number of nitrogens with one attached hydrogen (secondary N) is 2. The molecule has 7 heteroatoms. The second kappa shape index (κ2) is 8.73. The molecule has 1 fully saturated rings. The lowest BCUT2D eigenvalue weighted by Gasteiger charge is -2.32. The molecule has 0 radical (unpaired) electrons. The van der Waals surface area contributed by atoms with Crippen LogP contribution in [0.3, 0.4) is 0 Å². The molecule has 1 atom stereocenters. The molecule has 0 aromatic heterocycles. The second-order valence-corrected chi connectivity index (χ2v) is 8.06. The Balaban J connectivity index is 1.77. The number of amidine groups is 1. The molecule has 148 valence electrons. The third-order valence-electron chi connectivity index (χ3n) is 5.04. The van der Waals surface area contributed by atoms with Crippen molar-refractivity contribution in [2.75, 3.05) is 13.4 Å². The molecule has 2 N–H and O–H groups in total. The predicted octanol–water partition coefficient (Wildman–Crippen LogP) is 4.27. The van der Waals surface area contributed by atoms with Crippen molar-refractivity contribution in [1.29, 1.82) is 5.41 Å². The molecule has 1 amide bonds. The number of hydrogen-bond donors (Lipinski definition) is 2. The SMILES string of the molecule is COC(=O)NC(=Nc1ccc(CC2(C(=O)C3CC3)C=CCC(=N)C2)cc1)SC. The number of nitrogens with zero attached hydrogens (tertiary/aromatic N) is 1. The van der Waals surface area contributed by atoms with E-state index in [-0.39, 0.29) is 11.7 Å². The molecule has 2 aliphatic rings. The van der Waals surface area contributed by atoms with Gasteiger partial charge in [-0.05, 0) is 43.2 Å². The number of alkyl carbamates (subject to hydrolysis) is 1. The van der Waals surface area contributed by atoms with Crippen LogP contribution in [0.5, 0.6) is 0 Å². The van der Waals surface area contributed by atoms with E-state index in [1.54, 1.807) is 0 Å². The van der Waals surface area contributed by atoms with E-state index in [4.69, 9.17) is 5.41 Å². The van der Waals surface area contributed by atoms with Crippen molar-refractivity contribution < 1.29 is 14.3 Å². The zero-order chi connectivity index (χ0) is 20.1. The predicted molar refractivity (Wildman–Crippen MR) is 113 cm³/mol. The lowest BCUT2D eigenvalue weighted by Crippen LogP contribution is -2.37. The van der Waals surface area contributed by atoms with Gasteiger partial charge in [0, 0.05) is 24.5 Å². The first-order valence-corrected chi connectivity index (χ1v) is 10.5. The number of thioether (sulfide) groups is 1. The van der Waals surface area contributed by atoms with E-state index >= 15 is 0 Å². The Hall–Kier alpha value is -2.41. The summed E-state index contributed by atoms with van der Waals surface area (Å²) in [6.07, 6.45) is 8.95. The average Bonchev–Trinajstić information content (AvgIpc) is 3.53. The largest absolute Gasteiger partial charge is 0.453 e. The summed E-state index contributed by atoms with van der Waals surface area (Å²) in [5.74, 6) is 0.440. The van der Waals surface area contributed by atoms with E-state index < -0.39 is 11.5 Å². The number of carbonyl (C=O) groups is 2. The summed E-state index contributed by atoms with van der Waals surface area (Å²) in [6.45, 7) is 0. The van der Waals surface area contributed by atoms with E-state index in [0.717, 1.165) is 18.4 Å². The minimum Gasteiger partial charge on any atom is -0.453 e. The van der Waals surface area contributed by atoms with Crippen LogP contribution in [-0.4, -0.2) is 36.1 Å². The molecule has 0 bridgehead atoms. The Bertz CT molecular complexity index is 828. The number of Topliss-reactive ketones (excluding diaryl/α,β-unsaturated/α-hetero) is 1. The third-order valence-corrected chi connectivity index (χ3v) is 5.62. The van der Waals surface area contributed by atoms with E-state index in [9.17, 15) is 9.59 Å². The summed E-state index contributed by atoms with van der Waals surface area (Å²) in [4.78, 5) is 28.7. The second-order valence-electron chi connectivity index (χ2n) is 7.26. The molecular weight excluding hydrogens is 374 g/mol. The van der Waals surface area contributed by atoms with Crippen molar-refractivity contribution >= 4 is 40.2 Å². The highest BCUT2D eigenvalue weighted by Gasteiger charge is 2.45. The summed E-state index contributed by atoms with van der Waals surface area (Å²) in [7, 11) is 1.31. The summed E-state index contributed by atoms with van der Waals surface area (Å²) in [5.41, 5.74) is 1.78. The molecule has 0 spiro atoms. The number of benzene rings is 1. The van der Waals surface area contributed by atoms with Crippen molar-refractivity contribution in [2.45, 2.75) is 32.1 Å². The van der Waals surface area contributed by atoms with Crippen LogP contribution in [0.15, 0.2) is 41.4 Å². The maximum Gasteiger partial charge on any atom is 0.412 e. The van der Waals surface area contributed by atoms with Crippen LogP contribution in [0, 0.1) is 16.7 Å². The van der Waals surface area contributed by atoms with Crippen molar-refractivity contribution in [2.24, 2.45) is 16.3 Å². The molecule has 2 aliphatic carbocycles. The maximum atomic E-state index is 13.0. The molecule has 1 aromatic carbocycles. The molecule has 1 unspecified atom stereocenters.